The minimum Gasteiger partial charge on any atom is -0.487 e. The number of nitrogens with one attached hydrogen (secondary N) is 1. The molecule has 1 atom stereocenters. The van der Waals surface area contributed by atoms with E-state index >= 15 is 0 Å². The van der Waals surface area contributed by atoms with E-state index in [1.54, 1.807) is 0 Å². The van der Waals surface area contributed by atoms with Crippen molar-refractivity contribution in [3.8, 4) is 5.75 Å². The Morgan fingerprint density at radius 1 is 1.39 bits per heavy atom. The SMILES string of the molecule is CNC1CC(C)(C)Oc2c(C(C)C)cc(Br)cc21. The third kappa shape index (κ3) is 2.57. The number of ether oxygens (including phenoxy) is 1. The molecule has 1 aromatic carbocycles. The third-order valence-corrected chi connectivity index (χ3v) is 3.99. The van der Waals surface area contributed by atoms with Gasteiger partial charge in [-0.15, -0.1) is 0 Å². The molecule has 0 aliphatic carbocycles. The van der Waals surface area contributed by atoms with Crippen molar-refractivity contribution in [3.63, 3.8) is 0 Å². The fourth-order valence-electron chi connectivity index (χ4n) is 2.62. The summed E-state index contributed by atoms with van der Waals surface area (Å²) in [5.41, 5.74) is 2.44. The molecule has 1 aliphatic rings. The number of rotatable bonds is 2. The zero-order valence-electron chi connectivity index (χ0n) is 11.8. The second-order valence-electron chi connectivity index (χ2n) is 5.98. The summed E-state index contributed by atoms with van der Waals surface area (Å²) in [6.45, 7) is 8.74. The normalized spacial score (nSPS) is 21.6. The second-order valence-corrected chi connectivity index (χ2v) is 6.89. The molecular formula is C15H22BrNO. The summed E-state index contributed by atoms with van der Waals surface area (Å²) < 4.78 is 7.37. The molecule has 1 aliphatic heterocycles. The lowest BCUT2D eigenvalue weighted by atomic mass is 9.86. The van der Waals surface area contributed by atoms with Crippen LogP contribution in [0.25, 0.3) is 0 Å². The maximum Gasteiger partial charge on any atom is 0.128 e. The van der Waals surface area contributed by atoms with Crippen LogP contribution in [-0.2, 0) is 0 Å². The van der Waals surface area contributed by atoms with Gasteiger partial charge in [0.2, 0.25) is 0 Å². The molecule has 0 bridgehead atoms. The van der Waals surface area contributed by atoms with Crippen LogP contribution < -0.4 is 10.1 Å². The third-order valence-electron chi connectivity index (χ3n) is 3.53. The Morgan fingerprint density at radius 3 is 2.61 bits per heavy atom. The van der Waals surface area contributed by atoms with Crippen molar-refractivity contribution >= 4 is 15.9 Å². The van der Waals surface area contributed by atoms with E-state index in [0.29, 0.717) is 12.0 Å². The van der Waals surface area contributed by atoms with Crippen LogP contribution in [-0.4, -0.2) is 12.6 Å². The molecule has 2 rings (SSSR count). The van der Waals surface area contributed by atoms with E-state index in [-0.39, 0.29) is 5.60 Å². The van der Waals surface area contributed by atoms with Crippen LogP contribution in [0.4, 0.5) is 0 Å². The standard InChI is InChI=1S/C15H22BrNO/c1-9(2)11-6-10(16)7-12-13(17-5)8-15(3,4)18-14(11)12/h6-7,9,13,17H,8H2,1-5H3. The molecule has 0 saturated heterocycles. The molecular weight excluding hydrogens is 290 g/mol. The van der Waals surface area contributed by atoms with Gasteiger partial charge >= 0.3 is 0 Å². The van der Waals surface area contributed by atoms with Crippen molar-refractivity contribution in [2.45, 2.75) is 51.7 Å². The summed E-state index contributed by atoms with van der Waals surface area (Å²) in [5.74, 6) is 1.53. The van der Waals surface area contributed by atoms with Crippen LogP contribution in [0.3, 0.4) is 0 Å². The van der Waals surface area contributed by atoms with Gasteiger partial charge in [-0.3, -0.25) is 0 Å². The number of hydrogen-bond donors (Lipinski definition) is 1. The van der Waals surface area contributed by atoms with Crippen LogP contribution in [0.1, 0.15) is 57.2 Å². The van der Waals surface area contributed by atoms with Crippen LogP contribution >= 0.6 is 15.9 Å². The first-order valence-corrected chi connectivity index (χ1v) is 7.33. The summed E-state index contributed by atoms with van der Waals surface area (Å²) in [7, 11) is 2.02. The average molecular weight is 312 g/mol. The minimum absolute atomic E-state index is 0.113. The van der Waals surface area contributed by atoms with Crippen LogP contribution in [0.15, 0.2) is 16.6 Å². The Morgan fingerprint density at radius 2 is 2.06 bits per heavy atom. The Labute approximate surface area is 118 Å². The van der Waals surface area contributed by atoms with E-state index in [1.807, 2.05) is 7.05 Å². The molecule has 3 heteroatoms. The van der Waals surface area contributed by atoms with Crippen molar-refractivity contribution in [3.05, 3.63) is 27.7 Å². The largest absolute Gasteiger partial charge is 0.487 e. The Hall–Kier alpha value is -0.540. The maximum absolute atomic E-state index is 6.24. The van der Waals surface area contributed by atoms with Gasteiger partial charge in [0.05, 0.1) is 0 Å². The van der Waals surface area contributed by atoms with E-state index in [0.717, 1.165) is 16.6 Å². The molecule has 18 heavy (non-hydrogen) atoms. The summed E-state index contributed by atoms with van der Waals surface area (Å²) >= 11 is 3.61. The first kappa shape index (κ1) is 13.9. The van der Waals surface area contributed by atoms with Gasteiger partial charge in [0.25, 0.3) is 0 Å². The minimum atomic E-state index is -0.113. The predicted molar refractivity (Wildman–Crippen MR) is 79.4 cm³/mol. The van der Waals surface area contributed by atoms with E-state index in [4.69, 9.17) is 4.74 Å². The van der Waals surface area contributed by atoms with Gasteiger partial charge in [-0.1, -0.05) is 29.8 Å². The van der Waals surface area contributed by atoms with Gasteiger partial charge in [0.15, 0.2) is 0 Å². The topological polar surface area (TPSA) is 21.3 Å². The highest BCUT2D eigenvalue weighted by Gasteiger charge is 2.34. The molecule has 0 amide bonds. The fraction of sp³-hybridized carbons (Fsp3) is 0.600. The molecule has 1 aromatic rings. The number of hydrogen-bond acceptors (Lipinski definition) is 2. The highest BCUT2D eigenvalue weighted by atomic mass is 79.9. The van der Waals surface area contributed by atoms with Gasteiger partial charge in [-0.25, -0.2) is 0 Å². The van der Waals surface area contributed by atoms with E-state index in [2.05, 4.69) is 61.1 Å². The van der Waals surface area contributed by atoms with Crippen LogP contribution in [0.2, 0.25) is 0 Å². The molecule has 1 heterocycles. The van der Waals surface area contributed by atoms with Crippen molar-refractivity contribution in [1.82, 2.24) is 5.32 Å². The van der Waals surface area contributed by atoms with Crippen molar-refractivity contribution in [1.29, 1.82) is 0 Å². The van der Waals surface area contributed by atoms with E-state index < -0.39 is 0 Å². The van der Waals surface area contributed by atoms with E-state index in [1.165, 1.54) is 11.1 Å². The smallest absolute Gasteiger partial charge is 0.128 e. The van der Waals surface area contributed by atoms with Crippen LogP contribution in [0.5, 0.6) is 5.75 Å². The average Bonchev–Trinajstić information content (AvgIpc) is 2.27. The number of fused-ring (bicyclic) bond motifs is 1. The Balaban J connectivity index is 2.59. The fourth-order valence-corrected chi connectivity index (χ4v) is 3.11. The quantitative estimate of drug-likeness (QED) is 0.874. The van der Waals surface area contributed by atoms with Crippen molar-refractivity contribution in [2.24, 2.45) is 0 Å². The lowest BCUT2D eigenvalue weighted by Crippen LogP contribution is -2.39. The van der Waals surface area contributed by atoms with Crippen LogP contribution in [0, 0.1) is 0 Å². The molecule has 0 saturated carbocycles. The zero-order chi connectivity index (χ0) is 13.5. The molecule has 100 valence electrons. The monoisotopic (exact) mass is 311 g/mol. The molecule has 1 unspecified atom stereocenters. The van der Waals surface area contributed by atoms with Crippen molar-refractivity contribution < 1.29 is 4.74 Å². The molecule has 0 aromatic heterocycles. The molecule has 2 nitrogen and oxygen atoms in total. The lowest BCUT2D eigenvalue weighted by molar-refractivity contribution is 0.0659. The van der Waals surface area contributed by atoms with Gasteiger partial charge in [-0.2, -0.15) is 0 Å². The summed E-state index contributed by atoms with van der Waals surface area (Å²) in [5, 5.41) is 3.41. The summed E-state index contributed by atoms with van der Waals surface area (Å²) in [6.07, 6.45) is 0.991. The molecule has 0 spiro atoms. The predicted octanol–water partition coefficient (Wildman–Crippen LogP) is 4.39. The number of benzene rings is 1. The Bertz CT molecular complexity index is 454. The van der Waals surface area contributed by atoms with Gasteiger partial charge in [-0.05, 0) is 44.5 Å². The lowest BCUT2D eigenvalue weighted by Gasteiger charge is -2.39. The van der Waals surface area contributed by atoms with Gasteiger partial charge < -0.3 is 10.1 Å². The first-order valence-electron chi connectivity index (χ1n) is 6.53. The van der Waals surface area contributed by atoms with Crippen molar-refractivity contribution in [2.75, 3.05) is 7.05 Å². The maximum atomic E-state index is 6.24. The van der Waals surface area contributed by atoms with Gasteiger partial charge in [0, 0.05) is 22.5 Å². The number of halogens is 1. The molecule has 0 fully saturated rings. The first-order chi connectivity index (χ1) is 8.34. The Kier molecular flexibility index (Phi) is 3.75. The van der Waals surface area contributed by atoms with Gasteiger partial charge in [0.1, 0.15) is 11.4 Å². The second kappa shape index (κ2) is 4.86. The summed E-state index contributed by atoms with van der Waals surface area (Å²) in [6, 6.07) is 4.72. The zero-order valence-corrected chi connectivity index (χ0v) is 13.4. The molecule has 1 N–H and O–H groups in total. The molecule has 0 radical (unpaired) electrons. The van der Waals surface area contributed by atoms with E-state index in [9.17, 15) is 0 Å². The summed E-state index contributed by atoms with van der Waals surface area (Å²) in [4.78, 5) is 0. The highest BCUT2D eigenvalue weighted by Crippen LogP contribution is 2.44. The highest BCUT2D eigenvalue weighted by molar-refractivity contribution is 9.10.